The minimum atomic E-state index is 0.103. The summed E-state index contributed by atoms with van der Waals surface area (Å²) in [6.07, 6.45) is 0. The molecule has 2 heterocycles. The maximum atomic E-state index is 9.01. The molecule has 17 heavy (non-hydrogen) atoms. The van der Waals surface area contributed by atoms with E-state index in [2.05, 4.69) is 9.97 Å². The van der Waals surface area contributed by atoms with Crippen LogP contribution in [0.2, 0.25) is 0 Å². The smallest absolute Gasteiger partial charge is 0.172 e. The molecule has 0 radical (unpaired) electrons. The van der Waals surface area contributed by atoms with Crippen molar-refractivity contribution < 1.29 is 5.11 Å². The molecule has 0 aliphatic heterocycles. The number of H-pyrrole nitrogens is 1. The maximum absolute atomic E-state index is 9.01. The van der Waals surface area contributed by atoms with Crippen LogP contribution < -0.4 is 0 Å². The third-order valence-corrected chi connectivity index (χ3v) is 4.45. The topological polar surface area (TPSA) is 48.9 Å². The highest BCUT2D eigenvalue weighted by Crippen LogP contribution is 2.32. The minimum absolute atomic E-state index is 0.103. The van der Waals surface area contributed by atoms with Gasteiger partial charge in [-0.25, -0.2) is 4.98 Å². The van der Waals surface area contributed by atoms with Gasteiger partial charge in [-0.2, -0.15) is 0 Å². The quantitative estimate of drug-likeness (QED) is 0.761. The number of nitrogens with zero attached hydrogens (tertiary/aromatic N) is 1. The van der Waals surface area contributed by atoms with Gasteiger partial charge in [-0.1, -0.05) is 12.1 Å². The first-order valence-electron chi connectivity index (χ1n) is 5.17. The number of thiophene rings is 1. The summed E-state index contributed by atoms with van der Waals surface area (Å²) in [5, 5.41) is 9.90. The molecule has 0 saturated carbocycles. The molecule has 86 valence electrons. The second-order valence-corrected chi connectivity index (χ2v) is 6.00. The summed E-state index contributed by atoms with van der Waals surface area (Å²) in [5.74, 6) is 0. The molecule has 5 heteroatoms. The zero-order valence-corrected chi connectivity index (χ0v) is 10.5. The molecule has 0 unspecified atom stereocenters. The molecule has 0 bridgehead atoms. The van der Waals surface area contributed by atoms with Crippen LogP contribution in [0.25, 0.3) is 11.0 Å². The van der Waals surface area contributed by atoms with Crippen molar-refractivity contribution >= 4 is 34.1 Å². The van der Waals surface area contributed by atoms with E-state index in [-0.39, 0.29) is 6.61 Å². The molecule has 0 aliphatic carbocycles. The lowest BCUT2D eigenvalue weighted by Gasteiger charge is -1.90. The molecule has 1 aromatic carbocycles. The number of para-hydroxylation sites is 2. The molecule has 3 aromatic rings. The molecule has 0 spiro atoms. The summed E-state index contributed by atoms with van der Waals surface area (Å²) in [5.41, 5.74) is 2.03. The molecular formula is C12H10N2OS2. The van der Waals surface area contributed by atoms with Gasteiger partial charge in [0.1, 0.15) is 0 Å². The van der Waals surface area contributed by atoms with Crippen molar-refractivity contribution in [1.82, 2.24) is 9.97 Å². The highest BCUT2D eigenvalue weighted by molar-refractivity contribution is 8.01. The first-order chi connectivity index (χ1) is 8.35. The fourth-order valence-corrected chi connectivity index (χ4v) is 3.52. The molecular weight excluding hydrogens is 252 g/mol. The van der Waals surface area contributed by atoms with Gasteiger partial charge in [0.05, 0.1) is 21.8 Å². The number of aliphatic hydroxyl groups is 1. The lowest BCUT2D eigenvalue weighted by Crippen LogP contribution is -1.71. The van der Waals surface area contributed by atoms with Gasteiger partial charge in [0.15, 0.2) is 5.16 Å². The number of fused-ring (bicyclic) bond motifs is 1. The largest absolute Gasteiger partial charge is 0.391 e. The Balaban J connectivity index is 1.89. The number of benzene rings is 1. The van der Waals surface area contributed by atoms with Crippen molar-refractivity contribution in [2.75, 3.05) is 0 Å². The number of imidazole rings is 1. The Morgan fingerprint density at radius 2 is 2.12 bits per heavy atom. The van der Waals surface area contributed by atoms with Crippen LogP contribution in [0.1, 0.15) is 4.88 Å². The Hall–Kier alpha value is -1.30. The molecule has 0 aliphatic rings. The normalized spacial score (nSPS) is 11.1. The van der Waals surface area contributed by atoms with Gasteiger partial charge >= 0.3 is 0 Å². The predicted octanol–water partition coefficient (Wildman–Crippen LogP) is 3.27. The fourth-order valence-electron chi connectivity index (χ4n) is 1.57. The Bertz CT molecular complexity index is 612. The predicted molar refractivity (Wildman–Crippen MR) is 70.5 cm³/mol. The van der Waals surface area contributed by atoms with E-state index in [1.54, 1.807) is 23.1 Å². The SMILES string of the molecule is OCc1ccc(Sc2nc3ccccc3[nH]2)s1. The summed E-state index contributed by atoms with van der Waals surface area (Å²) in [6.45, 7) is 0.103. The number of hydrogen-bond acceptors (Lipinski definition) is 4. The summed E-state index contributed by atoms with van der Waals surface area (Å²) in [7, 11) is 0. The Morgan fingerprint density at radius 1 is 1.24 bits per heavy atom. The maximum Gasteiger partial charge on any atom is 0.172 e. The standard InChI is InChI=1S/C12H10N2OS2/c15-7-8-5-6-11(16-8)17-12-13-9-3-1-2-4-10(9)14-12/h1-6,15H,7H2,(H,13,14). The van der Waals surface area contributed by atoms with Crippen LogP contribution in [-0.4, -0.2) is 15.1 Å². The fraction of sp³-hybridized carbons (Fsp3) is 0.0833. The molecule has 0 amide bonds. The van der Waals surface area contributed by atoms with E-state index in [1.165, 1.54) is 0 Å². The van der Waals surface area contributed by atoms with Crippen LogP contribution in [0.15, 0.2) is 45.8 Å². The first-order valence-corrected chi connectivity index (χ1v) is 6.80. The number of nitrogens with one attached hydrogen (secondary N) is 1. The van der Waals surface area contributed by atoms with Crippen molar-refractivity contribution in [1.29, 1.82) is 0 Å². The van der Waals surface area contributed by atoms with Gasteiger partial charge in [0.2, 0.25) is 0 Å². The zero-order valence-electron chi connectivity index (χ0n) is 8.88. The number of hydrogen-bond donors (Lipinski definition) is 2. The number of aromatic nitrogens is 2. The Morgan fingerprint density at radius 3 is 2.88 bits per heavy atom. The van der Waals surface area contributed by atoms with Crippen LogP contribution in [0.4, 0.5) is 0 Å². The lowest BCUT2D eigenvalue weighted by atomic mass is 10.3. The van der Waals surface area contributed by atoms with E-state index in [1.807, 2.05) is 36.4 Å². The van der Waals surface area contributed by atoms with Crippen molar-refractivity contribution in [3.05, 3.63) is 41.3 Å². The average molecular weight is 262 g/mol. The molecule has 3 nitrogen and oxygen atoms in total. The van der Waals surface area contributed by atoms with Crippen molar-refractivity contribution in [3.8, 4) is 0 Å². The van der Waals surface area contributed by atoms with Gasteiger partial charge < -0.3 is 10.1 Å². The van der Waals surface area contributed by atoms with E-state index < -0.39 is 0 Å². The Labute approximate surface area is 107 Å². The number of aromatic amines is 1. The summed E-state index contributed by atoms with van der Waals surface area (Å²) in [4.78, 5) is 8.74. The molecule has 0 fully saturated rings. The van der Waals surface area contributed by atoms with Crippen LogP contribution >= 0.6 is 23.1 Å². The van der Waals surface area contributed by atoms with Crippen molar-refractivity contribution in [2.45, 2.75) is 16.0 Å². The molecule has 3 rings (SSSR count). The average Bonchev–Trinajstić information content (AvgIpc) is 2.94. The second kappa shape index (κ2) is 4.52. The highest BCUT2D eigenvalue weighted by Gasteiger charge is 2.06. The van der Waals surface area contributed by atoms with E-state index >= 15 is 0 Å². The first kappa shape index (κ1) is 10.8. The van der Waals surface area contributed by atoms with Crippen LogP contribution in [0.3, 0.4) is 0 Å². The lowest BCUT2D eigenvalue weighted by molar-refractivity contribution is 0.285. The van der Waals surface area contributed by atoms with Crippen LogP contribution in [0, 0.1) is 0 Å². The minimum Gasteiger partial charge on any atom is -0.391 e. The van der Waals surface area contributed by atoms with Gasteiger partial charge in [0.25, 0.3) is 0 Å². The second-order valence-electron chi connectivity index (χ2n) is 3.54. The molecule has 0 atom stereocenters. The molecule has 2 N–H and O–H groups in total. The summed E-state index contributed by atoms with van der Waals surface area (Å²) in [6, 6.07) is 11.9. The van der Waals surface area contributed by atoms with E-state index in [9.17, 15) is 0 Å². The molecule has 2 aromatic heterocycles. The van der Waals surface area contributed by atoms with Crippen molar-refractivity contribution in [2.24, 2.45) is 0 Å². The summed E-state index contributed by atoms with van der Waals surface area (Å²) >= 11 is 3.18. The molecule has 0 saturated heterocycles. The van der Waals surface area contributed by atoms with Crippen LogP contribution in [-0.2, 0) is 6.61 Å². The number of aliphatic hydroxyl groups excluding tert-OH is 1. The monoisotopic (exact) mass is 262 g/mol. The zero-order chi connectivity index (χ0) is 11.7. The number of rotatable bonds is 3. The van der Waals surface area contributed by atoms with Gasteiger partial charge in [-0.05, 0) is 36.0 Å². The van der Waals surface area contributed by atoms with E-state index in [0.717, 1.165) is 25.3 Å². The van der Waals surface area contributed by atoms with Gasteiger partial charge in [0, 0.05) is 4.88 Å². The third-order valence-electron chi connectivity index (χ3n) is 2.36. The van der Waals surface area contributed by atoms with Crippen molar-refractivity contribution in [3.63, 3.8) is 0 Å². The van der Waals surface area contributed by atoms with Gasteiger partial charge in [-0.15, -0.1) is 11.3 Å². The third kappa shape index (κ3) is 2.22. The van der Waals surface area contributed by atoms with Gasteiger partial charge in [-0.3, -0.25) is 0 Å². The van der Waals surface area contributed by atoms with E-state index in [4.69, 9.17) is 5.11 Å². The summed E-state index contributed by atoms with van der Waals surface area (Å²) < 4.78 is 1.13. The van der Waals surface area contributed by atoms with E-state index in [0.29, 0.717) is 0 Å². The van der Waals surface area contributed by atoms with Crippen LogP contribution in [0.5, 0.6) is 0 Å². The Kier molecular flexibility index (Phi) is 2.88. The highest BCUT2D eigenvalue weighted by atomic mass is 32.2.